The number of benzene rings is 3. The fraction of sp³-hybridized carbons (Fsp3) is 0.0417. The molecule has 0 radical (unpaired) electrons. The molecular formula is C24H14F3N3O2. The van der Waals surface area contributed by atoms with Gasteiger partial charge in [0.25, 0.3) is 11.4 Å². The molecule has 0 atom stereocenters. The van der Waals surface area contributed by atoms with Crippen LogP contribution in [0, 0.1) is 0 Å². The molecule has 0 bridgehead atoms. The zero-order chi connectivity index (χ0) is 22.3. The number of rotatable bonds is 3. The first-order chi connectivity index (χ1) is 15.4. The highest BCUT2D eigenvalue weighted by molar-refractivity contribution is 5.94. The van der Waals surface area contributed by atoms with Gasteiger partial charge in [-0.05, 0) is 30.3 Å². The van der Waals surface area contributed by atoms with E-state index in [-0.39, 0.29) is 17.3 Å². The van der Waals surface area contributed by atoms with Crippen molar-refractivity contribution in [1.29, 1.82) is 0 Å². The van der Waals surface area contributed by atoms with Gasteiger partial charge in [-0.3, -0.25) is 9.36 Å². The highest BCUT2D eigenvalue weighted by atomic mass is 19.4. The van der Waals surface area contributed by atoms with E-state index in [1.165, 1.54) is 16.7 Å². The molecule has 0 saturated carbocycles. The number of alkyl halides is 3. The van der Waals surface area contributed by atoms with Gasteiger partial charge in [-0.2, -0.15) is 18.2 Å². The Kier molecular flexibility index (Phi) is 4.62. The van der Waals surface area contributed by atoms with Crippen molar-refractivity contribution in [3.63, 3.8) is 0 Å². The first-order valence-electron chi connectivity index (χ1n) is 9.63. The van der Waals surface area contributed by atoms with Crippen LogP contribution >= 0.6 is 0 Å². The number of pyridine rings is 1. The van der Waals surface area contributed by atoms with E-state index in [0.717, 1.165) is 12.1 Å². The number of nitrogens with zero attached hydrogens (tertiary/aromatic N) is 3. The van der Waals surface area contributed by atoms with Gasteiger partial charge in [0.1, 0.15) is 0 Å². The van der Waals surface area contributed by atoms with E-state index in [9.17, 15) is 18.0 Å². The van der Waals surface area contributed by atoms with Crippen molar-refractivity contribution in [2.45, 2.75) is 6.18 Å². The molecule has 2 aromatic heterocycles. The van der Waals surface area contributed by atoms with Gasteiger partial charge in [0, 0.05) is 28.2 Å². The van der Waals surface area contributed by atoms with E-state index in [2.05, 4.69) is 10.1 Å². The lowest BCUT2D eigenvalue weighted by molar-refractivity contribution is -0.137. The molecule has 8 heteroatoms. The van der Waals surface area contributed by atoms with E-state index in [0.29, 0.717) is 27.6 Å². The van der Waals surface area contributed by atoms with Crippen LogP contribution < -0.4 is 5.56 Å². The Bertz CT molecular complexity index is 1470. The first-order valence-corrected chi connectivity index (χ1v) is 9.63. The van der Waals surface area contributed by atoms with E-state index in [1.807, 2.05) is 18.2 Å². The Morgan fingerprint density at radius 2 is 1.47 bits per heavy atom. The van der Waals surface area contributed by atoms with E-state index in [1.54, 1.807) is 42.6 Å². The molecule has 5 rings (SSSR count). The molecule has 0 amide bonds. The maximum absolute atomic E-state index is 13.1. The SMILES string of the molecule is O=c1c2ccccc2c(-c2nc(-c3ccc(C(F)(F)F)cc3)no2)cn1-c1ccccc1. The Morgan fingerprint density at radius 1 is 0.812 bits per heavy atom. The summed E-state index contributed by atoms with van der Waals surface area (Å²) in [6.45, 7) is 0. The number of para-hydroxylation sites is 1. The van der Waals surface area contributed by atoms with Gasteiger partial charge >= 0.3 is 6.18 Å². The summed E-state index contributed by atoms with van der Waals surface area (Å²) in [7, 11) is 0. The van der Waals surface area contributed by atoms with Crippen LogP contribution in [-0.4, -0.2) is 14.7 Å². The van der Waals surface area contributed by atoms with Crippen LogP contribution in [0.15, 0.2) is 94.4 Å². The predicted octanol–water partition coefficient (Wildman–Crippen LogP) is 5.73. The van der Waals surface area contributed by atoms with Gasteiger partial charge in [-0.1, -0.05) is 53.7 Å². The predicted molar refractivity (Wildman–Crippen MR) is 113 cm³/mol. The molecule has 2 heterocycles. The fourth-order valence-corrected chi connectivity index (χ4v) is 3.50. The smallest absolute Gasteiger partial charge is 0.334 e. The van der Waals surface area contributed by atoms with Gasteiger partial charge in [0.2, 0.25) is 5.82 Å². The minimum absolute atomic E-state index is 0.148. The van der Waals surface area contributed by atoms with E-state index in [4.69, 9.17) is 4.52 Å². The Labute approximate surface area is 179 Å². The Balaban J connectivity index is 1.64. The van der Waals surface area contributed by atoms with Crippen molar-refractivity contribution in [2.75, 3.05) is 0 Å². The highest BCUT2D eigenvalue weighted by Crippen LogP contribution is 2.32. The maximum atomic E-state index is 13.1. The highest BCUT2D eigenvalue weighted by Gasteiger charge is 2.30. The second kappa shape index (κ2) is 7.49. The van der Waals surface area contributed by atoms with Crippen LogP contribution in [0.5, 0.6) is 0 Å². The number of hydrogen-bond acceptors (Lipinski definition) is 4. The molecule has 0 saturated heterocycles. The van der Waals surface area contributed by atoms with Crippen molar-refractivity contribution in [3.05, 3.63) is 101 Å². The lowest BCUT2D eigenvalue weighted by Gasteiger charge is -2.10. The van der Waals surface area contributed by atoms with Crippen molar-refractivity contribution in [1.82, 2.24) is 14.7 Å². The first kappa shape index (κ1) is 19.7. The van der Waals surface area contributed by atoms with Gasteiger partial charge < -0.3 is 4.52 Å². The normalized spacial score (nSPS) is 11.7. The second-order valence-electron chi connectivity index (χ2n) is 7.10. The van der Waals surface area contributed by atoms with Crippen LogP contribution in [0.2, 0.25) is 0 Å². The van der Waals surface area contributed by atoms with Crippen LogP contribution in [0.4, 0.5) is 13.2 Å². The summed E-state index contributed by atoms with van der Waals surface area (Å²) in [6.07, 6.45) is -2.80. The van der Waals surface area contributed by atoms with Crippen molar-refractivity contribution in [3.8, 4) is 28.5 Å². The Hall–Kier alpha value is -4.20. The van der Waals surface area contributed by atoms with Gasteiger partial charge in [-0.15, -0.1) is 0 Å². The number of aromatic nitrogens is 3. The quantitative estimate of drug-likeness (QED) is 0.365. The lowest BCUT2D eigenvalue weighted by Crippen LogP contribution is -2.18. The summed E-state index contributed by atoms with van der Waals surface area (Å²) in [5, 5.41) is 5.04. The average Bonchev–Trinajstić information content (AvgIpc) is 3.30. The minimum Gasteiger partial charge on any atom is -0.334 e. The van der Waals surface area contributed by atoms with Gasteiger partial charge in [0.15, 0.2) is 0 Å². The molecular weight excluding hydrogens is 419 g/mol. The monoisotopic (exact) mass is 433 g/mol. The van der Waals surface area contributed by atoms with Crippen molar-refractivity contribution >= 4 is 10.8 Å². The minimum atomic E-state index is -4.43. The summed E-state index contributed by atoms with van der Waals surface area (Å²) in [4.78, 5) is 17.4. The molecule has 0 N–H and O–H groups in total. The molecule has 0 unspecified atom stereocenters. The molecule has 5 aromatic rings. The third kappa shape index (κ3) is 3.45. The lowest BCUT2D eigenvalue weighted by atomic mass is 10.1. The van der Waals surface area contributed by atoms with Crippen LogP contribution in [0.3, 0.4) is 0 Å². The molecule has 0 aliphatic heterocycles. The summed E-state index contributed by atoms with van der Waals surface area (Å²) in [6, 6.07) is 20.7. The molecule has 5 nitrogen and oxygen atoms in total. The van der Waals surface area contributed by atoms with Gasteiger partial charge in [-0.25, -0.2) is 0 Å². The van der Waals surface area contributed by atoms with Gasteiger partial charge in [0.05, 0.1) is 11.1 Å². The number of fused-ring (bicyclic) bond motifs is 1. The topological polar surface area (TPSA) is 60.9 Å². The maximum Gasteiger partial charge on any atom is 0.416 e. The van der Waals surface area contributed by atoms with E-state index >= 15 is 0 Å². The second-order valence-corrected chi connectivity index (χ2v) is 7.10. The number of halogens is 3. The molecule has 158 valence electrons. The van der Waals surface area contributed by atoms with Crippen molar-refractivity contribution < 1.29 is 17.7 Å². The zero-order valence-corrected chi connectivity index (χ0v) is 16.4. The van der Waals surface area contributed by atoms with Crippen LogP contribution in [0.25, 0.3) is 39.3 Å². The number of hydrogen-bond donors (Lipinski definition) is 0. The summed E-state index contributed by atoms with van der Waals surface area (Å²) in [5.41, 5.74) is 0.638. The fourth-order valence-electron chi connectivity index (χ4n) is 3.50. The molecule has 0 aliphatic carbocycles. The molecule has 0 spiro atoms. The largest absolute Gasteiger partial charge is 0.416 e. The Morgan fingerprint density at radius 3 is 2.16 bits per heavy atom. The molecule has 0 fully saturated rings. The summed E-state index contributed by atoms with van der Waals surface area (Å²) >= 11 is 0. The van der Waals surface area contributed by atoms with Crippen LogP contribution in [0.1, 0.15) is 5.56 Å². The zero-order valence-electron chi connectivity index (χ0n) is 16.4. The summed E-state index contributed by atoms with van der Waals surface area (Å²) in [5.74, 6) is 0.302. The third-order valence-corrected chi connectivity index (χ3v) is 5.09. The van der Waals surface area contributed by atoms with E-state index < -0.39 is 11.7 Å². The molecule has 32 heavy (non-hydrogen) atoms. The molecule has 0 aliphatic rings. The summed E-state index contributed by atoms with van der Waals surface area (Å²) < 4.78 is 45.4. The molecule has 3 aromatic carbocycles. The van der Waals surface area contributed by atoms with Crippen molar-refractivity contribution in [2.24, 2.45) is 0 Å². The standard InChI is InChI=1S/C24H14F3N3O2/c25-24(26,27)16-12-10-15(11-13-16)21-28-22(32-29-21)20-14-30(17-6-2-1-3-7-17)23(31)19-9-5-4-8-18(19)20/h1-14H. The third-order valence-electron chi connectivity index (χ3n) is 5.09. The average molecular weight is 433 g/mol. The van der Waals surface area contributed by atoms with Crippen LogP contribution in [-0.2, 0) is 6.18 Å².